The van der Waals surface area contributed by atoms with Crippen molar-refractivity contribution in [1.29, 1.82) is 0 Å². The first-order valence-electron chi connectivity index (χ1n) is 8.41. The van der Waals surface area contributed by atoms with Crippen molar-refractivity contribution in [2.24, 2.45) is 0 Å². The summed E-state index contributed by atoms with van der Waals surface area (Å²) in [6, 6.07) is 16.2. The SMILES string of the molecule is Cc1cn2ccnc2cc1Sc1cccc(NC(=O)c2ccccc2O)c1. The molecule has 2 heterocycles. The Balaban J connectivity index is 1.56. The van der Waals surface area contributed by atoms with Gasteiger partial charge in [0.05, 0.1) is 5.56 Å². The molecular weight excluding hydrogens is 358 g/mol. The number of para-hydroxylation sites is 1. The minimum atomic E-state index is -0.342. The molecule has 0 saturated heterocycles. The molecule has 27 heavy (non-hydrogen) atoms. The van der Waals surface area contributed by atoms with Gasteiger partial charge in [-0.25, -0.2) is 4.98 Å². The summed E-state index contributed by atoms with van der Waals surface area (Å²) in [5, 5.41) is 12.7. The molecule has 0 fully saturated rings. The number of rotatable bonds is 4. The highest BCUT2D eigenvalue weighted by Gasteiger charge is 2.11. The first-order valence-corrected chi connectivity index (χ1v) is 9.22. The molecule has 0 aliphatic carbocycles. The number of fused-ring (bicyclic) bond motifs is 1. The van der Waals surface area contributed by atoms with Crippen molar-refractivity contribution in [3.8, 4) is 5.75 Å². The van der Waals surface area contributed by atoms with Gasteiger partial charge in [-0.1, -0.05) is 30.0 Å². The van der Waals surface area contributed by atoms with Crippen LogP contribution in [0.4, 0.5) is 5.69 Å². The molecule has 0 radical (unpaired) electrons. The Kier molecular flexibility index (Phi) is 4.56. The summed E-state index contributed by atoms with van der Waals surface area (Å²) in [5.74, 6) is -0.380. The molecule has 0 aliphatic rings. The van der Waals surface area contributed by atoms with Gasteiger partial charge in [0.25, 0.3) is 5.91 Å². The van der Waals surface area contributed by atoms with Gasteiger partial charge in [-0.05, 0) is 48.9 Å². The number of aryl methyl sites for hydroxylation is 1. The fraction of sp³-hybridized carbons (Fsp3) is 0.0476. The second-order valence-electron chi connectivity index (χ2n) is 6.11. The molecule has 2 aromatic heterocycles. The number of phenolic OH excluding ortho intramolecular Hbond substituents is 1. The highest BCUT2D eigenvalue weighted by atomic mass is 32.2. The Morgan fingerprint density at radius 1 is 1.15 bits per heavy atom. The van der Waals surface area contributed by atoms with Crippen LogP contribution in [0.1, 0.15) is 15.9 Å². The van der Waals surface area contributed by atoms with Crippen LogP contribution in [0.3, 0.4) is 0 Å². The van der Waals surface area contributed by atoms with E-state index in [0.29, 0.717) is 5.69 Å². The fourth-order valence-electron chi connectivity index (χ4n) is 2.79. The molecule has 4 aromatic rings. The molecule has 134 valence electrons. The Hall–Kier alpha value is -3.25. The Bertz CT molecular complexity index is 1140. The number of nitrogens with one attached hydrogen (secondary N) is 1. The second-order valence-corrected chi connectivity index (χ2v) is 7.23. The van der Waals surface area contributed by atoms with Crippen molar-refractivity contribution in [3.63, 3.8) is 0 Å². The van der Waals surface area contributed by atoms with Gasteiger partial charge in [-0.3, -0.25) is 4.79 Å². The minimum Gasteiger partial charge on any atom is -0.507 e. The minimum absolute atomic E-state index is 0.0378. The second kappa shape index (κ2) is 7.17. The van der Waals surface area contributed by atoms with Gasteiger partial charge in [0.1, 0.15) is 11.4 Å². The van der Waals surface area contributed by atoms with Gasteiger partial charge in [-0.15, -0.1) is 0 Å². The third-order valence-electron chi connectivity index (χ3n) is 4.15. The van der Waals surface area contributed by atoms with E-state index in [0.717, 1.165) is 21.0 Å². The summed E-state index contributed by atoms with van der Waals surface area (Å²) >= 11 is 1.62. The number of carbonyl (C=O) groups excluding carboxylic acids is 1. The monoisotopic (exact) mass is 375 g/mol. The molecular formula is C21H17N3O2S. The Labute approximate surface area is 160 Å². The Morgan fingerprint density at radius 2 is 2.00 bits per heavy atom. The first-order chi connectivity index (χ1) is 13.1. The summed E-state index contributed by atoms with van der Waals surface area (Å²) in [5.41, 5.74) is 2.96. The standard InChI is InChI=1S/C21H17N3O2S/c1-14-13-24-10-9-22-20(24)12-19(14)27-16-6-4-5-15(11-16)23-21(26)17-7-2-3-8-18(17)25/h2-13,25H,1H3,(H,23,26). The maximum Gasteiger partial charge on any atom is 0.259 e. The number of benzene rings is 2. The lowest BCUT2D eigenvalue weighted by Gasteiger charge is -2.10. The van der Waals surface area contributed by atoms with Gasteiger partial charge in [-0.2, -0.15) is 0 Å². The van der Waals surface area contributed by atoms with Crippen LogP contribution < -0.4 is 5.32 Å². The number of aromatic nitrogens is 2. The molecule has 5 nitrogen and oxygen atoms in total. The summed E-state index contributed by atoms with van der Waals surface area (Å²) in [6.45, 7) is 2.06. The van der Waals surface area contributed by atoms with Crippen molar-refractivity contribution in [1.82, 2.24) is 9.38 Å². The number of carbonyl (C=O) groups is 1. The summed E-state index contributed by atoms with van der Waals surface area (Å²) in [4.78, 5) is 18.8. The van der Waals surface area contributed by atoms with Gasteiger partial charge in [0.15, 0.2) is 0 Å². The number of anilines is 1. The molecule has 2 aromatic carbocycles. The molecule has 0 saturated carbocycles. The average Bonchev–Trinajstić information content (AvgIpc) is 3.09. The normalized spacial score (nSPS) is 10.9. The quantitative estimate of drug-likeness (QED) is 0.540. The number of hydrogen-bond donors (Lipinski definition) is 2. The highest BCUT2D eigenvalue weighted by Crippen LogP contribution is 2.32. The predicted molar refractivity (Wildman–Crippen MR) is 107 cm³/mol. The van der Waals surface area contributed by atoms with Gasteiger partial charge in [0.2, 0.25) is 0 Å². The molecule has 0 atom stereocenters. The van der Waals surface area contributed by atoms with E-state index >= 15 is 0 Å². The number of imidazole rings is 1. The topological polar surface area (TPSA) is 66.6 Å². The highest BCUT2D eigenvalue weighted by molar-refractivity contribution is 7.99. The van der Waals surface area contributed by atoms with Crippen LogP contribution in [0, 0.1) is 6.92 Å². The van der Waals surface area contributed by atoms with E-state index < -0.39 is 0 Å². The van der Waals surface area contributed by atoms with E-state index in [1.165, 1.54) is 6.07 Å². The van der Waals surface area contributed by atoms with Crippen molar-refractivity contribution >= 4 is 29.0 Å². The summed E-state index contributed by atoms with van der Waals surface area (Å²) < 4.78 is 1.99. The smallest absolute Gasteiger partial charge is 0.259 e. The molecule has 1 amide bonds. The zero-order chi connectivity index (χ0) is 18.8. The third-order valence-corrected chi connectivity index (χ3v) is 5.30. The molecule has 4 rings (SSSR count). The van der Waals surface area contributed by atoms with E-state index in [2.05, 4.69) is 23.4 Å². The number of nitrogens with zero attached hydrogens (tertiary/aromatic N) is 2. The van der Waals surface area contributed by atoms with Crippen molar-refractivity contribution in [2.45, 2.75) is 16.7 Å². The van der Waals surface area contributed by atoms with E-state index in [1.807, 2.05) is 40.9 Å². The van der Waals surface area contributed by atoms with Gasteiger partial charge >= 0.3 is 0 Å². The third kappa shape index (κ3) is 3.66. The molecule has 6 heteroatoms. The van der Waals surface area contributed by atoms with Crippen LogP contribution in [0.5, 0.6) is 5.75 Å². The Morgan fingerprint density at radius 3 is 2.85 bits per heavy atom. The number of hydrogen-bond acceptors (Lipinski definition) is 4. The molecule has 0 aliphatic heterocycles. The number of aromatic hydroxyl groups is 1. The zero-order valence-electron chi connectivity index (χ0n) is 14.6. The van der Waals surface area contributed by atoms with Crippen LogP contribution in [0.25, 0.3) is 5.65 Å². The van der Waals surface area contributed by atoms with E-state index in [1.54, 1.807) is 36.2 Å². The van der Waals surface area contributed by atoms with E-state index in [-0.39, 0.29) is 17.2 Å². The lowest BCUT2D eigenvalue weighted by molar-refractivity contribution is 0.102. The lowest BCUT2D eigenvalue weighted by atomic mass is 10.2. The van der Waals surface area contributed by atoms with Crippen molar-refractivity contribution < 1.29 is 9.90 Å². The lowest BCUT2D eigenvalue weighted by Crippen LogP contribution is -2.11. The van der Waals surface area contributed by atoms with Crippen LogP contribution in [-0.4, -0.2) is 20.4 Å². The molecule has 0 bridgehead atoms. The number of phenols is 1. The largest absolute Gasteiger partial charge is 0.507 e. The van der Waals surface area contributed by atoms with Gasteiger partial charge in [0, 0.05) is 34.1 Å². The summed E-state index contributed by atoms with van der Waals surface area (Å²) in [6.07, 6.45) is 5.75. The molecule has 2 N–H and O–H groups in total. The molecule has 0 spiro atoms. The summed E-state index contributed by atoms with van der Waals surface area (Å²) in [7, 11) is 0. The van der Waals surface area contributed by atoms with Crippen LogP contribution in [0.15, 0.2) is 83.0 Å². The van der Waals surface area contributed by atoms with E-state index in [9.17, 15) is 9.90 Å². The number of amides is 1. The van der Waals surface area contributed by atoms with Crippen LogP contribution in [0.2, 0.25) is 0 Å². The van der Waals surface area contributed by atoms with Gasteiger partial charge < -0.3 is 14.8 Å². The number of pyridine rings is 1. The van der Waals surface area contributed by atoms with Crippen molar-refractivity contribution in [3.05, 3.63) is 84.3 Å². The van der Waals surface area contributed by atoms with E-state index in [4.69, 9.17) is 0 Å². The zero-order valence-corrected chi connectivity index (χ0v) is 15.4. The average molecular weight is 375 g/mol. The first kappa shape index (κ1) is 17.2. The van der Waals surface area contributed by atoms with Crippen molar-refractivity contribution in [2.75, 3.05) is 5.32 Å². The maximum absolute atomic E-state index is 12.4. The predicted octanol–water partition coefficient (Wildman–Crippen LogP) is 4.75. The van der Waals surface area contributed by atoms with Crippen LogP contribution >= 0.6 is 11.8 Å². The van der Waals surface area contributed by atoms with Crippen LogP contribution in [-0.2, 0) is 0 Å². The molecule has 0 unspecified atom stereocenters. The maximum atomic E-state index is 12.4. The fourth-order valence-corrected chi connectivity index (χ4v) is 3.75.